The third kappa shape index (κ3) is 5.95. The van der Waals surface area contributed by atoms with Crippen molar-refractivity contribution in [2.24, 2.45) is 0 Å². The molecular weight excluding hydrogens is 449 g/mol. The van der Waals surface area contributed by atoms with Crippen molar-refractivity contribution in [1.82, 2.24) is 10.2 Å². The van der Waals surface area contributed by atoms with Crippen LogP contribution < -0.4 is 10.6 Å². The summed E-state index contributed by atoms with van der Waals surface area (Å²) in [6, 6.07) is 21.3. The SMILES string of the molecule is O=C(Nc1ccc(-c2nnc(NCCc3ccccc3)s2)cc1)c1ccc(C(F)(F)F)cc1. The van der Waals surface area contributed by atoms with Gasteiger partial charge in [0.25, 0.3) is 5.91 Å². The monoisotopic (exact) mass is 468 g/mol. The zero-order valence-corrected chi connectivity index (χ0v) is 18.1. The predicted octanol–water partition coefficient (Wildman–Crippen LogP) is 6.13. The molecule has 2 N–H and O–H groups in total. The van der Waals surface area contributed by atoms with Crippen molar-refractivity contribution in [2.75, 3.05) is 17.2 Å². The molecule has 4 aromatic rings. The highest BCUT2D eigenvalue weighted by Crippen LogP contribution is 2.30. The van der Waals surface area contributed by atoms with E-state index in [-0.39, 0.29) is 5.56 Å². The first kappa shape index (κ1) is 22.5. The van der Waals surface area contributed by atoms with Crippen molar-refractivity contribution < 1.29 is 18.0 Å². The Morgan fingerprint density at radius 1 is 0.879 bits per heavy atom. The Kier molecular flexibility index (Phi) is 6.69. The highest BCUT2D eigenvalue weighted by atomic mass is 32.1. The Morgan fingerprint density at radius 2 is 1.58 bits per heavy atom. The number of hydrogen-bond donors (Lipinski definition) is 2. The first-order valence-corrected chi connectivity index (χ1v) is 10.9. The number of anilines is 2. The number of amides is 1. The van der Waals surface area contributed by atoms with E-state index >= 15 is 0 Å². The lowest BCUT2D eigenvalue weighted by atomic mass is 10.1. The van der Waals surface area contributed by atoms with Crippen LogP contribution in [0.15, 0.2) is 78.9 Å². The average molecular weight is 469 g/mol. The number of alkyl halides is 3. The highest BCUT2D eigenvalue weighted by molar-refractivity contribution is 7.18. The molecule has 1 amide bonds. The number of hydrogen-bond acceptors (Lipinski definition) is 5. The first-order chi connectivity index (χ1) is 15.9. The van der Waals surface area contributed by atoms with Gasteiger partial charge < -0.3 is 10.6 Å². The van der Waals surface area contributed by atoms with Crippen LogP contribution in [0, 0.1) is 0 Å². The normalized spacial score (nSPS) is 11.2. The number of benzene rings is 3. The second kappa shape index (κ2) is 9.83. The fraction of sp³-hybridized carbons (Fsp3) is 0.125. The molecule has 9 heteroatoms. The molecule has 0 unspecified atom stereocenters. The molecule has 168 valence electrons. The number of nitrogens with zero attached hydrogens (tertiary/aromatic N) is 2. The van der Waals surface area contributed by atoms with Gasteiger partial charge in [0.2, 0.25) is 5.13 Å². The minimum Gasteiger partial charge on any atom is -0.360 e. The summed E-state index contributed by atoms with van der Waals surface area (Å²) in [5.74, 6) is -0.489. The first-order valence-electron chi connectivity index (χ1n) is 10.1. The van der Waals surface area contributed by atoms with Crippen LogP contribution in [-0.4, -0.2) is 22.6 Å². The fourth-order valence-electron chi connectivity index (χ4n) is 3.08. The van der Waals surface area contributed by atoms with Crippen molar-refractivity contribution in [1.29, 1.82) is 0 Å². The molecule has 0 fully saturated rings. The van der Waals surface area contributed by atoms with E-state index in [0.29, 0.717) is 5.69 Å². The molecule has 0 radical (unpaired) electrons. The average Bonchev–Trinajstić information content (AvgIpc) is 3.29. The van der Waals surface area contributed by atoms with E-state index in [9.17, 15) is 18.0 Å². The number of carbonyl (C=O) groups is 1. The van der Waals surface area contributed by atoms with Gasteiger partial charge in [-0.1, -0.05) is 41.7 Å². The molecule has 33 heavy (non-hydrogen) atoms. The van der Waals surface area contributed by atoms with E-state index < -0.39 is 17.6 Å². The lowest BCUT2D eigenvalue weighted by Gasteiger charge is -2.08. The molecule has 0 aliphatic heterocycles. The van der Waals surface area contributed by atoms with Crippen LogP contribution in [0.5, 0.6) is 0 Å². The lowest BCUT2D eigenvalue weighted by Crippen LogP contribution is -2.12. The minimum absolute atomic E-state index is 0.141. The highest BCUT2D eigenvalue weighted by Gasteiger charge is 2.30. The summed E-state index contributed by atoms with van der Waals surface area (Å²) < 4.78 is 38.0. The van der Waals surface area contributed by atoms with Crippen molar-refractivity contribution in [2.45, 2.75) is 12.6 Å². The molecule has 5 nitrogen and oxygen atoms in total. The maximum absolute atomic E-state index is 12.7. The van der Waals surface area contributed by atoms with Crippen LogP contribution in [-0.2, 0) is 12.6 Å². The van der Waals surface area contributed by atoms with E-state index in [1.165, 1.54) is 16.9 Å². The zero-order valence-electron chi connectivity index (χ0n) is 17.3. The number of rotatable bonds is 7. The summed E-state index contributed by atoms with van der Waals surface area (Å²) in [5.41, 5.74) is 1.95. The van der Waals surface area contributed by atoms with Crippen LogP contribution >= 0.6 is 11.3 Å². The van der Waals surface area contributed by atoms with E-state index in [1.54, 1.807) is 24.3 Å². The third-order valence-electron chi connectivity index (χ3n) is 4.82. The molecule has 0 saturated carbocycles. The molecule has 0 bridgehead atoms. The molecule has 0 spiro atoms. The molecule has 0 saturated heterocycles. The van der Waals surface area contributed by atoms with Gasteiger partial charge in [-0.05, 0) is 60.5 Å². The lowest BCUT2D eigenvalue weighted by molar-refractivity contribution is -0.137. The van der Waals surface area contributed by atoms with Gasteiger partial charge in [0, 0.05) is 23.4 Å². The van der Waals surface area contributed by atoms with Crippen LogP contribution in [0.25, 0.3) is 10.6 Å². The summed E-state index contributed by atoms with van der Waals surface area (Å²) in [6.45, 7) is 0.744. The van der Waals surface area contributed by atoms with Crippen molar-refractivity contribution in [3.8, 4) is 10.6 Å². The van der Waals surface area contributed by atoms with Gasteiger partial charge in [0.05, 0.1) is 5.56 Å². The Hall–Kier alpha value is -3.72. The van der Waals surface area contributed by atoms with E-state index in [4.69, 9.17) is 0 Å². The summed E-state index contributed by atoms with van der Waals surface area (Å²) in [6.07, 6.45) is -3.56. The smallest absolute Gasteiger partial charge is 0.360 e. The molecule has 0 aliphatic rings. The van der Waals surface area contributed by atoms with Gasteiger partial charge in [-0.2, -0.15) is 13.2 Å². The van der Waals surface area contributed by atoms with E-state index in [2.05, 4.69) is 33.0 Å². The number of carbonyl (C=O) groups excluding carboxylic acids is 1. The largest absolute Gasteiger partial charge is 0.416 e. The zero-order chi connectivity index (χ0) is 23.3. The van der Waals surface area contributed by atoms with Crippen molar-refractivity contribution in [3.63, 3.8) is 0 Å². The van der Waals surface area contributed by atoms with Crippen molar-refractivity contribution in [3.05, 3.63) is 95.6 Å². The Morgan fingerprint density at radius 3 is 2.24 bits per heavy atom. The minimum atomic E-state index is -4.44. The van der Waals surface area contributed by atoms with Crippen LogP contribution in [0.1, 0.15) is 21.5 Å². The van der Waals surface area contributed by atoms with Crippen LogP contribution in [0.4, 0.5) is 24.0 Å². The second-order valence-electron chi connectivity index (χ2n) is 7.18. The third-order valence-corrected chi connectivity index (χ3v) is 5.75. The quantitative estimate of drug-likeness (QED) is 0.342. The predicted molar refractivity (Wildman–Crippen MR) is 123 cm³/mol. The standard InChI is InChI=1S/C24H19F3N4OS/c25-24(26,27)19-10-6-17(7-11-19)21(32)29-20-12-8-18(9-13-20)22-30-31-23(33-22)28-15-14-16-4-2-1-3-5-16/h1-13H,14-15H2,(H,28,31)(H,29,32). The molecule has 0 atom stereocenters. The van der Waals surface area contributed by atoms with Gasteiger partial charge in [-0.15, -0.1) is 10.2 Å². The number of nitrogens with one attached hydrogen (secondary N) is 2. The van der Waals surface area contributed by atoms with Crippen LogP contribution in [0.3, 0.4) is 0 Å². The van der Waals surface area contributed by atoms with E-state index in [0.717, 1.165) is 52.9 Å². The van der Waals surface area contributed by atoms with Gasteiger partial charge in [0.15, 0.2) is 0 Å². The summed E-state index contributed by atoms with van der Waals surface area (Å²) in [4.78, 5) is 12.3. The maximum Gasteiger partial charge on any atom is 0.416 e. The maximum atomic E-state index is 12.7. The number of halogens is 3. The molecule has 1 heterocycles. The fourth-order valence-corrected chi connectivity index (χ4v) is 3.85. The molecule has 3 aromatic carbocycles. The Bertz CT molecular complexity index is 1210. The topological polar surface area (TPSA) is 66.9 Å². The number of aromatic nitrogens is 2. The van der Waals surface area contributed by atoms with Gasteiger partial charge >= 0.3 is 6.18 Å². The van der Waals surface area contributed by atoms with Gasteiger partial charge in [-0.25, -0.2) is 0 Å². The van der Waals surface area contributed by atoms with E-state index in [1.807, 2.05) is 18.2 Å². The summed E-state index contributed by atoms with van der Waals surface area (Å²) in [7, 11) is 0. The van der Waals surface area contributed by atoms with Crippen molar-refractivity contribution >= 4 is 28.1 Å². The summed E-state index contributed by atoms with van der Waals surface area (Å²) >= 11 is 1.43. The molecule has 0 aliphatic carbocycles. The Labute approximate surface area is 192 Å². The Balaban J connectivity index is 1.33. The summed E-state index contributed by atoms with van der Waals surface area (Å²) in [5, 5.41) is 15.8. The molecular formula is C24H19F3N4OS. The van der Waals surface area contributed by atoms with Crippen LogP contribution in [0.2, 0.25) is 0 Å². The van der Waals surface area contributed by atoms with Gasteiger partial charge in [-0.3, -0.25) is 4.79 Å². The molecule has 1 aromatic heterocycles. The molecule has 4 rings (SSSR count). The second-order valence-corrected chi connectivity index (χ2v) is 8.16. The van der Waals surface area contributed by atoms with Gasteiger partial charge in [0.1, 0.15) is 5.01 Å².